The lowest BCUT2D eigenvalue weighted by Gasteiger charge is -2.07. The Balaban J connectivity index is 2.10. The molecule has 104 valence electrons. The molecule has 0 saturated heterocycles. The highest BCUT2D eigenvalue weighted by Crippen LogP contribution is 2.06. The van der Waals surface area contributed by atoms with Gasteiger partial charge in [0.05, 0.1) is 11.8 Å². The topological polar surface area (TPSA) is 39.1 Å². The summed E-state index contributed by atoms with van der Waals surface area (Å²) in [7, 11) is 1.98. The Labute approximate surface area is 111 Å². The minimum Gasteiger partial charge on any atom is -0.379 e. The number of nitrogens with one attached hydrogen (secondary N) is 1. The predicted octanol–water partition coefficient (Wildman–Crippen LogP) is 2.28. The fraction of sp³-hybridized carbons (Fsp3) is 0.786. The second-order valence-corrected chi connectivity index (χ2v) is 4.93. The average molecular weight is 253 g/mol. The fourth-order valence-corrected chi connectivity index (χ4v) is 1.92. The molecular formula is C14H27N3O. The van der Waals surface area contributed by atoms with Gasteiger partial charge in [0, 0.05) is 32.0 Å². The highest BCUT2D eigenvalue weighted by molar-refractivity contribution is 5.16. The van der Waals surface area contributed by atoms with E-state index in [-0.39, 0.29) is 0 Å². The Hall–Kier alpha value is -0.870. The molecule has 0 aliphatic rings. The summed E-state index contributed by atoms with van der Waals surface area (Å²) in [6.07, 6.45) is 5.74. The van der Waals surface area contributed by atoms with Crippen LogP contribution in [-0.4, -0.2) is 29.0 Å². The summed E-state index contributed by atoms with van der Waals surface area (Å²) in [5.41, 5.74) is 2.52. The maximum Gasteiger partial charge on any atom is 0.0666 e. The van der Waals surface area contributed by atoms with Crippen LogP contribution in [0.25, 0.3) is 0 Å². The number of unbranched alkanes of at least 4 members (excludes halogenated alkanes) is 1. The molecule has 1 rings (SSSR count). The van der Waals surface area contributed by atoms with Crippen molar-refractivity contribution >= 4 is 0 Å². The zero-order chi connectivity index (χ0) is 13.4. The summed E-state index contributed by atoms with van der Waals surface area (Å²) < 4.78 is 7.40. The quantitative estimate of drug-likeness (QED) is 0.686. The van der Waals surface area contributed by atoms with E-state index in [1.54, 1.807) is 0 Å². The van der Waals surface area contributed by atoms with Crippen LogP contribution in [0.3, 0.4) is 0 Å². The molecule has 1 N–H and O–H groups in total. The summed E-state index contributed by atoms with van der Waals surface area (Å²) in [5.74, 6) is 0. The van der Waals surface area contributed by atoms with E-state index in [1.807, 2.05) is 11.7 Å². The molecule has 0 radical (unpaired) electrons. The Morgan fingerprint density at radius 3 is 2.83 bits per heavy atom. The van der Waals surface area contributed by atoms with E-state index in [4.69, 9.17) is 4.74 Å². The molecule has 0 aromatic carbocycles. The SMILES string of the molecule is CCc1nn(C)cc1CNCCCCOC(C)C. The summed E-state index contributed by atoms with van der Waals surface area (Å²) in [4.78, 5) is 0. The highest BCUT2D eigenvalue weighted by Gasteiger charge is 2.04. The van der Waals surface area contributed by atoms with Gasteiger partial charge in [-0.15, -0.1) is 0 Å². The van der Waals surface area contributed by atoms with Crippen molar-refractivity contribution in [3.05, 3.63) is 17.5 Å². The predicted molar refractivity (Wildman–Crippen MR) is 74.6 cm³/mol. The number of aromatic nitrogens is 2. The first-order valence-corrected chi connectivity index (χ1v) is 6.97. The standard InChI is InChI=1S/C14H27N3O/c1-5-14-13(11-17(4)16-14)10-15-8-6-7-9-18-12(2)3/h11-12,15H,5-10H2,1-4H3. The van der Waals surface area contributed by atoms with Crippen molar-refractivity contribution in [3.8, 4) is 0 Å². The fourth-order valence-electron chi connectivity index (χ4n) is 1.92. The molecule has 0 amide bonds. The minimum atomic E-state index is 0.348. The lowest BCUT2D eigenvalue weighted by molar-refractivity contribution is 0.0760. The van der Waals surface area contributed by atoms with Crippen LogP contribution in [0.5, 0.6) is 0 Å². The van der Waals surface area contributed by atoms with Crippen LogP contribution >= 0.6 is 0 Å². The van der Waals surface area contributed by atoms with Gasteiger partial charge in [-0.25, -0.2) is 0 Å². The molecular weight excluding hydrogens is 226 g/mol. The number of hydrogen-bond acceptors (Lipinski definition) is 3. The normalized spacial score (nSPS) is 11.4. The summed E-state index contributed by atoms with van der Waals surface area (Å²) in [5, 5.41) is 7.90. The lowest BCUT2D eigenvalue weighted by atomic mass is 10.2. The third-order valence-electron chi connectivity index (χ3n) is 2.84. The van der Waals surface area contributed by atoms with Crippen molar-refractivity contribution in [2.75, 3.05) is 13.2 Å². The third-order valence-corrected chi connectivity index (χ3v) is 2.84. The maximum atomic E-state index is 5.51. The molecule has 1 aromatic rings. The van der Waals surface area contributed by atoms with Crippen molar-refractivity contribution in [1.82, 2.24) is 15.1 Å². The molecule has 0 aliphatic carbocycles. The van der Waals surface area contributed by atoms with Crippen LogP contribution in [-0.2, 0) is 24.8 Å². The monoisotopic (exact) mass is 253 g/mol. The van der Waals surface area contributed by atoms with Gasteiger partial charge in [0.2, 0.25) is 0 Å². The Bertz CT molecular complexity index is 334. The van der Waals surface area contributed by atoms with Gasteiger partial charge >= 0.3 is 0 Å². The van der Waals surface area contributed by atoms with Crippen LogP contribution in [0.2, 0.25) is 0 Å². The Morgan fingerprint density at radius 1 is 1.39 bits per heavy atom. The minimum absolute atomic E-state index is 0.348. The van der Waals surface area contributed by atoms with Crippen molar-refractivity contribution in [3.63, 3.8) is 0 Å². The molecule has 0 bridgehead atoms. The summed E-state index contributed by atoms with van der Waals surface area (Å²) in [6, 6.07) is 0. The molecule has 0 aliphatic heterocycles. The van der Waals surface area contributed by atoms with Crippen molar-refractivity contribution < 1.29 is 4.74 Å². The highest BCUT2D eigenvalue weighted by atomic mass is 16.5. The van der Waals surface area contributed by atoms with Gasteiger partial charge in [-0.05, 0) is 39.7 Å². The van der Waals surface area contributed by atoms with Crippen LogP contribution in [0.1, 0.15) is 44.9 Å². The maximum absolute atomic E-state index is 5.51. The van der Waals surface area contributed by atoms with E-state index in [9.17, 15) is 0 Å². The van der Waals surface area contributed by atoms with Crippen molar-refractivity contribution in [2.45, 2.75) is 52.7 Å². The smallest absolute Gasteiger partial charge is 0.0666 e. The van der Waals surface area contributed by atoms with Gasteiger partial charge in [0.1, 0.15) is 0 Å². The molecule has 0 atom stereocenters. The number of nitrogens with zero attached hydrogens (tertiary/aromatic N) is 2. The zero-order valence-electron chi connectivity index (χ0n) is 12.2. The molecule has 0 spiro atoms. The average Bonchev–Trinajstić information content (AvgIpc) is 2.68. The van der Waals surface area contributed by atoms with E-state index >= 15 is 0 Å². The third kappa shape index (κ3) is 5.65. The van der Waals surface area contributed by atoms with Gasteiger partial charge < -0.3 is 10.1 Å². The second kappa shape index (κ2) is 8.27. The van der Waals surface area contributed by atoms with E-state index in [1.165, 1.54) is 11.3 Å². The van der Waals surface area contributed by atoms with Crippen molar-refractivity contribution in [1.29, 1.82) is 0 Å². The first kappa shape index (κ1) is 15.2. The van der Waals surface area contributed by atoms with Gasteiger partial charge in [-0.1, -0.05) is 6.92 Å². The van der Waals surface area contributed by atoms with Gasteiger partial charge in [-0.3, -0.25) is 4.68 Å². The number of hydrogen-bond donors (Lipinski definition) is 1. The molecule has 1 aromatic heterocycles. The number of rotatable bonds is 9. The lowest BCUT2D eigenvalue weighted by Crippen LogP contribution is -2.16. The zero-order valence-corrected chi connectivity index (χ0v) is 12.2. The summed E-state index contributed by atoms with van der Waals surface area (Å²) in [6.45, 7) is 9.13. The largest absolute Gasteiger partial charge is 0.379 e. The van der Waals surface area contributed by atoms with E-state index in [2.05, 4.69) is 37.4 Å². The van der Waals surface area contributed by atoms with Crippen LogP contribution in [0.4, 0.5) is 0 Å². The van der Waals surface area contributed by atoms with Crippen LogP contribution < -0.4 is 5.32 Å². The Morgan fingerprint density at radius 2 is 2.17 bits per heavy atom. The molecule has 1 heterocycles. The van der Waals surface area contributed by atoms with E-state index in [0.717, 1.165) is 39.0 Å². The molecule has 0 fully saturated rings. The second-order valence-electron chi connectivity index (χ2n) is 4.93. The van der Waals surface area contributed by atoms with Gasteiger partial charge in [-0.2, -0.15) is 5.10 Å². The molecule has 0 unspecified atom stereocenters. The number of aryl methyl sites for hydroxylation is 2. The first-order chi connectivity index (χ1) is 8.63. The molecule has 0 saturated carbocycles. The van der Waals surface area contributed by atoms with E-state index < -0.39 is 0 Å². The summed E-state index contributed by atoms with van der Waals surface area (Å²) >= 11 is 0. The van der Waals surface area contributed by atoms with Crippen LogP contribution in [0, 0.1) is 0 Å². The van der Waals surface area contributed by atoms with Crippen molar-refractivity contribution in [2.24, 2.45) is 7.05 Å². The Kier molecular flexibility index (Phi) is 6.98. The molecule has 4 heteroatoms. The van der Waals surface area contributed by atoms with Gasteiger partial charge in [0.15, 0.2) is 0 Å². The van der Waals surface area contributed by atoms with Crippen LogP contribution in [0.15, 0.2) is 6.20 Å². The first-order valence-electron chi connectivity index (χ1n) is 6.97. The number of ether oxygens (including phenoxy) is 1. The van der Waals surface area contributed by atoms with Gasteiger partial charge in [0.25, 0.3) is 0 Å². The van der Waals surface area contributed by atoms with E-state index in [0.29, 0.717) is 6.10 Å². The molecule has 4 nitrogen and oxygen atoms in total. The molecule has 18 heavy (non-hydrogen) atoms.